The van der Waals surface area contributed by atoms with Crippen molar-refractivity contribution >= 4 is 12.0 Å². The van der Waals surface area contributed by atoms with Gasteiger partial charge in [0.05, 0.1) is 18.4 Å². The van der Waals surface area contributed by atoms with Crippen LogP contribution in [0.2, 0.25) is 0 Å². The van der Waals surface area contributed by atoms with Crippen LogP contribution in [0.1, 0.15) is 36.4 Å². The summed E-state index contributed by atoms with van der Waals surface area (Å²) in [7, 11) is 1.59. The second kappa shape index (κ2) is 9.78. The van der Waals surface area contributed by atoms with Crippen molar-refractivity contribution < 1.29 is 18.8 Å². The Morgan fingerprint density at radius 3 is 2.64 bits per heavy atom. The van der Waals surface area contributed by atoms with Gasteiger partial charge in [0, 0.05) is 19.2 Å². The molecule has 2 aromatic rings. The van der Waals surface area contributed by atoms with Crippen LogP contribution in [-0.2, 0) is 11.4 Å². The van der Waals surface area contributed by atoms with Crippen LogP contribution in [0.3, 0.4) is 0 Å². The Labute approximate surface area is 166 Å². The molecule has 0 bridgehead atoms. The van der Waals surface area contributed by atoms with Crippen LogP contribution in [0.5, 0.6) is 11.5 Å². The minimum atomic E-state index is -0.0526. The molecule has 1 aromatic heterocycles. The first-order valence-electron chi connectivity index (χ1n) is 9.19. The maximum absolute atomic E-state index is 12.3. The number of aromatic nitrogens is 1. The van der Waals surface area contributed by atoms with Gasteiger partial charge in [-0.25, -0.2) is 0 Å². The van der Waals surface area contributed by atoms with Crippen LogP contribution in [0.25, 0.3) is 6.08 Å². The molecule has 0 radical (unpaired) electrons. The topological polar surface area (TPSA) is 64.8 Å². The maximum Gasteiger partial charge on any atom is 0.246 e. The molecule has 0 aliphatic rings. The Morgan fingerprint density at radius 1 is 1.32 bits per heavy atom. The van der Waals surface area contributed by atoms with Gasteiger partial charge in [-0.05, 0) is 51.5 Å². The summed E-state index contributed by atoms with van der Waals surface area (Å²) in [5.41, 5.74) is 3.53. The summed E-state index contributed by atoms with van der Waals surface area (Å²) in [6.45, 7) is 13.0. The number of likely N-dealkylation sites (N-methyl/N-ethyl adjacent to an activating group) is 1. The van der Waals surface area contributed by atoms with Crippen molar-refractivity contribution in [3.63, 3.8) is 0 Å². The molecule has 6 heteroatoms. The number of carbonyl (C=O) groups is 1. The van der Waals surface area contributed by atoms with Crippen molar-refractivity contribution in [2.24, 2.45) is 0 Å². The molecule has 1 aromatic carbocycles. The lowest BCUT2D eigenvalue weighted by atomic mass is 10.1. The minimum absolute atomic E-state index is 0.0526. The van der Waals surface area contributed by atoms with Crippen molar-refractivity contribution in [3.8, 4) is 11.5 Å². The zero-order valence-corrected chi connectivity index (χ0v) is 17.2. The molecule has 28 heavy (non-hydrogen) atoms. The van der Waals surface area contributed by atoms with Gasteiger partial charge in [0.2, 0.25) is 5.91 Å². The minimum Gasteiger partial charge on any atom is -0.493 e. The zero-order chi connectivity index (χ0) is 20.7. The van der Waals surface area contributed by atoms with Gasteiger partial charge in [-0.1, -0.05) is 23.4 Å². The number of methoxy groups -OCH3 is 1. The van der Waals surface area contributed by atoms with E-state index in [0.29, 0.717) is 31.2 Å². The predicted octanol–water partition coefficient (Wildman–Crippen LogP) is 4.32. The number of ether oxygens (including phenoxy) is 2. The molecule has 0 fully saturated rings. The fraction of sp³-hybridized carbons (Fsp3) is 0.364. The van der Waals surface area contributed by atoms with Crippen molar-refractivity contribution in [1.82, 2.24) is 10.1 Å². The van der Waals surface area contributed by atoms with Crippen molar-refractivity contribution in [3.05, 3.63) is 59.0 Å². The summed E-state index contributed by atoms with van der Waals surface area (Å²) >= 11 is 0. The van der Waals surface area contributed by atoms with Gasteiger partial charge < -0.3 is 18.9 Å². The fourth-order valence-electron chi connectivity index (χ4n) is 2.71. The number of rotatable bonds is 9. The third-order valence-corrected chi connectivity index (χ3v) is 4.31. The Balaban J connectivity index is 2.09. The first kappa shape index (κ1) is 21.3. The van der Waals surface area contributed by atoms with Crippen molar-refractivity contribution in [1.29, 1.82) is 0 Å². The van der Waals surface area contributed by atoms with Crippen molar-refractivity contribution in [2.75, 3.05) is 20.2 Å². The molecule has 2 rings (SSSR count). The second-order valence-electron chi connectivity index (χ2n) is 6.64. The quantitative estimate of drug-likeness (QED) is 0.476. The van der Waals surface area contributed by atoms with Crippen molar-refractivity contribution in [2.45, 2.75) is 34.3 Å². The summed E-state index contributed by atoms with van der Waals surface area (Å²) in [5.74, 6) is 1.90. The Morgan fingerprint density at radius 2 is 2.07 bits per heavy atom. The molecule has 0 saturated carbocycles. The van der Waals surface area contributed by atoms with Crippen LogP contribution in [0.4, 0.5) is 0 Å². The van der Waals surface area contributed by atoms with Crippen LogP contribution >= 0.6 is 0 Å². The molecule has 6 nitrogen and oxygen atoms in total. The normalized spacial score (nSPS) is 10.9. The average molecular weight is 384 g/mol. The molecule has 0 N–H and O–H groups in total. The van der Waals surface area contributed by atoms with E-state index in [2.05, 4.69) is 11.7 Å². The number of carbonyl (C=O) groups excluding carboxylic acids is 1. The Kier molecular flexibility index (Phi) is 7.44. The molecule has 1 heterocycles. The monoisotopic (exact) mass is 384 g/mol. The van der Waals surface area contributed by atoms with E-state index in [4.69, 9.17) is 14.0 Å². The van der Waals surface area contributed by atoms with E-state index in [1.54, 1.807) is 24.2 Å². The molecular formula is C22H28N2O4. The molecule has 0 spiro atoms. The van der Waals surface area contributed by atoms with Crippen LogP contribution in [-0.4, -0.2) is 36.2 Å². The zero-order valence-electron chi connectivity index (χ0n) is 17.2. The fourth-order valence-corrected chi connectivity index (χ4v) is 2.71. The summed E-state index contributed by atoms with van der Waals surface area (Å²) in [4.78, 5) is 14.1. The highest BCUT2D eigenvalue weighted by Crippen LogP contribution is 2.30. The van der Waals surface area contributed by atoms with Crippen LogP contribution in [0, 0.1) is 13.8 Å². The number of nitrogens with zero attached hydrogens (tertiary/aromatic N) is 2. The van der Waals surface area contributed by atoms with E-state index in [0.717, 1.165) is 28.2 Å². The van der Waals surface area contributed by atoms with Gasteiger partial charge in [0.25, 0.3) is 0 Å². The lowest BCUT2D eigenvalue weighted by Gasteiger charge is -2.18. The molecule has 0 aliphatic heterocycles. The number of amides is 1. The molecule has 0 saturated heterocycles. The number of hydrogen-bond acceptors (Lipinski definition) is 5. The van der Waals surface area contributed by atoms with Gasteiger partial charge in [0.15, 0.2) is 11.5 Å². The third kappa shape index (κ3) is 5.49. The number of aryl methyl sites for hydroxylation is 2. The summed E-state index contributed by atoms with van der Waals surface area (Å²) < 4.78 is 16.5. The number of hydrogen-bond donors (Lipinski definition) is 0. The van der Waals surface area contributed by atoms with Gasteiger partial charge >= 0.3 is 0 Å². The first-order chi connectivity index (χ1) is 13.3. The molecule has 1 amide bonds. The summed E-state index contributed by atoms with van der Waals surface area (Å²) in [5, 5.41) is 3.93. The molecular weight excluding hydrogens is 356 g/mol. The van der Waals surface area contributed by atoms with Crippen LogP contribution < -0.4 is 9.47 Å². The Hall–Kier alpha value is -3.02. The van der Waals surface area contributed by atoms with E-state index in [-0.39, 0.29) is 5.91 Å². The summed E-state index contributed by atoms with van der Waals surface area (Å²) in [6.07, 6.45) is 3.33. The summed E-state index contributed by atoms with van der Waals surface area (Å²) in [6, 6.07) is 5.54. The van der Waals surface area contributed by atoms with E-state index in [1.807, 2.05) is 45.9 Å². The first-order valence-corrected chi connectivity index (χ1v) is 9.19. The smallest absolute Gasteiger partial charge is 0.246 e. The highest BCUT2D eigenvalue weighted by atomic mass is 16.5. The van der Waals surface area contributed by atoms with E-state index in [1.165, 1.54) is 0 Å². The number of benzene rings is 1. The average Bonchev–Trinajstić information content (AvgIpc) is 3.00. The molecule has 0 atom stereocenters. The van der Waals surface area contributed by atoms with Gasteiger partial charge in [-0.15, -0.1) is 0 Å². The highest BCUT2D eigenvalue weighted by Gasteiger charge is 2.12. The predicted molar refractivity (Wildman–Crippen MR) is 109 cm³/mol. The van der Waals surface area contributed by atoms with E-state index < -0.39 is 0 Å². The lowest BCUT2D eigenvalue weighted by molar-refractivity contribution is -0.125. The van der Waals surface area contributed by atoms with E-state index in [9.17, 15) is 4.79 Å². The maximum atomic E-state index is 12.3. The van der Waals surface area contributed by atoms with E-state index >= 15 is 0 Å². The second-order valence-corrected chi connectivity index (χ2v) is 6.64. The van der Waals surface area contributed by atoms with Gasteiger partial charge in [-0.2, -0.15) is 0 Å². The standard InChI is InChI=1S/C22H28N2O4/c1-7-24(13-15(2)3)22(25)11-9-18-8-10-20(21(12-18)26-6)27-14-19-16(4)23-28-17(19)5/h8-12H,2,7,13-14H2,1,3-6H3/b11-9+. The molecule has 150 valence electrons. The lowest BCUT2D eigenvalue weighted by Crippen LogP contribution is -2.30. The van der Waals surface area contributed by atoms with Crippen LogP contribution in [0.15, 0.2) is 41.0 Å². The van der Waals surface area contributed by atoms with Gasteiger partial charge in [0.1, 0.15) is 12.4 Å². The third-order valence-electron chi connectivity index (χ3n) is 4.31. The molecule has 0 unspecified atom stereocenters. The highest BCUT2D eigenvalue weighted by molar-refractivity contribution is 5.92. The van der Waals surface area contributed by atoms with Gasteiger partial charge in [-0.3, -0.25) is 4.79 Å². The Bertz CT molecular complexity index is 848. The SMILES string of the molecule is C=C(C)CN(CC)C(=O)/C=C/c1ccc(OCc2c(C)noc2C)c(OC)c1. The largest absolute Gasteiger partial charge is 0.493 e. The molecule has 0 aliphatic carbocycles.